The number of hydrogen-bond donors (Lipinski definition) is 2. The van der Waals surface area contributed by atoms with Crippen LogP contribution in [0.5, 0.6) is 5.75 Å². The molecule has 0 aliphatic rings. The maximum Gasteiger partial charge on any atom is 0.416 e. The smallest absolute Gasteiger partial charge is 0.416 e. The fourth-order valence-electron chi connectivity index (χ4n) is 2.71. The molecule has 0 fully saturated rings. The molecule has 3 aromatic rings. The highest BCUT2D eigenvalue weighted by Gasteiger charge is 2.31. The second-order valence-corrected chi connectivity index (χ2v) is 6.22. The van der Waals surface area contributed by atoms with Crippen LogP contribution in [0, 0.1) is 0 Å². The number of nitrogens with one attached hydrogen (secondary N) is 2. The molecule has 5 nitrogen and oxygen atoms in total. The lowest BCUT2D eigenvalue weighted by atomic mass is 10.1. The van der Waals surface area contributed by atoms with Gasteiger partial charge in [-0.15, -0.1) is 0 Å². The first-order valence-corrected chi connectivity index (χ1v) is 8.66. The number of urea groups is 1. The quantitative estimate of drug-likeness (QED) is 0.606. The van der Waals surface area contributed by atoms with Crippen LogP contribution in [0.2, 0.25) is 0 Å². The number of aromatic nitrogens is 1. The van der Waals surface area contributed by atoms with Gasteiger partial charge in [0.05, 0.1) is 18.4 Å². The summed E-state index contributed by atoms with van der Waals surface area (Å²) in [5, 5.41) is 4.99. The van der Waals surface area contributed by atoms with E-state index in [0.29, 0.717) is 5.69 Å². The van der Waals surface area contributed by atoms with Gasteiger partial charge in [0.2, 0.25) is 0 Å². The van der Waals surface area contributed by atoms with Crippen LogP contribution in [0.15, 0.2) is 67.0 Å². The molecule has 0 spiro atoms. The number of alkyl halides is 3. The van der Waals surface area contributed by atoms with Crippen LogP contribution < -0.4 is 15.4 Å². The minimum absolute atomic E-state index is 0.0749. The lowest BCUT2D eigenvalue weighted by molar-refractivity contribution is -0.137. The minimum atomic E-state index is -4.52. The van der Waals surface area contributed by atoms with Crippen LogP contribution in [-0.4, -0.2) is 18.1 Å². The Hall–Kier alpha value is -3.55. The molecule has 1 aromatic heterocycles. The van der Waals surface area contributed by atoms with E-state index in [0.717, 1.165) is 35.7 Å². The Morgan fingerprint density at radius 3 is 2.24 bits per heavy atom. The van der Waals surface area contributed by atoms with Gasteiger partial charge >= 0.3 is 12.2 Å². The first-order valence-electron chi connectivity index (χ1n) is 8.66. The Kier molecular flexibility index (Phi) is 6.01. The third-order valence-electron chi connectivity index (χ3n) is 4.14. The van der Waals surface area contributed by atoms with Gasteiger partial charge in [-0.25, -0.2) is 4.79 Å². The van der Waals surface area contributed by atoms with E-state index < -0.39 is 17.8 Å². The lowest BCUT2D eigenvalue weighted by Crippen LogP contribution is -2.20. The van der Waals surface area contributed by atoms with E-state index in [1.807, 2.05) is 24.3 Å². The molecule has 1 heterocycles. The molecule has 0 saturated heterocycles. The van der Waals surface area contributed by atoms with Crippen molar-refractivity contribution in [2.45, 2.75) is 12.6 Å². The topological polar surface area (TPSA) is 63.2 Å². The van der Waals surface area contributed by atoms with Crippen LogP contribution in [0.25, 0.3) is 0 Å². The van der Waals surface area contributed by atoms with E-state index in [1.54, 1.807) is 24.5 Å². The van der Waals surface area contributed by atoms with Crippen LogP contribution in [-0.2, 0) is 12.6 Å². The third-order valence-corrected chi connectivity index (χ3v) is 4.14. The molecule has 0 radical (unpaired) electrons. The Morgan fingerprint density at radius 2 is 1.62 bits per heavy atom. The Bertz CT molecular complexity index is 975. The van der Waals surface area contributed by atoms with Crippen molar-refractivity contribution >= 4 is 17.4 Å². The van der Waals surface area contributed by atoms with Crippen molar-refractivity contribution in [3.05, 3.63) is 83.7 Å². The van der Waals surface area contributed by atoms with Crippen molar-refractivity contribution in [3.8, 4) is 5.75 Å². The monoisotopic (exact) mass is 401 g/mol. The number of halogens is 3. The van der Waals surface area contributed by atoms with Gasteiger partial charge in [-0.2, -0.15) is 13.2 Å². The number of hydrogen-bond acceptors (Lipinski definition) is 3. The second-order valence-electron chi connectivity index (χ2n) is 6.22. The van der Waals surface area contributed by atoms with Crippen LogP contribution >= 0.6 is 0 Å². The first kappa shape index (κ1) is 20.2. The number of ether oxygens (including phenoxy) is 1. The summed E-state index contributed by atoms with van der Waals surface area (Å²) in [6, 6.07) is 13.2. The van der Waals surface area contributed by atoms with Crippen molar-refractivity contribution in [3.63, 3.8) is 0 Å². The first-order chi connectivity index (χ1) is 13.8. The molecule has 150 valence electrons. The van der Waals surface area contributed by atoms with E-state index in [-0.39, 0.29) is 11.4 Å². The average Bonchev–Trinajstić information content (AvgIpc) is 2.69. The van der Waals surface area contributed by atoms with Crippen molar-refractivity contribution < 1.29 is 22.7 Å². The number of carbonyl (C=O) groups is 1. The number of anilines is 2. The van der Waals surface area contributed by atoms with Gasteiger partial charge in [0.25, 0.3) is 0 Å². The molecular weight excluding hydrogens is 383 g/mol. The zero-order valence-electron chi connectivity index (χ0n) is 15.5. The number of nitrogens with zero attached hydrogens (tertiary/aromatic N) is 1. The van der Waals surface area contributed by atoms with Gasteiger partial charge in [0.1, 0.15) is 5.75 Å². The van der Waals surface area contributed by atoms with Crippen molar-refractivity contribution in [2.24, 2.45) is 0 Å². The summed E-state index contributed by atoms with van der Waals surface area (Å²) in [6.45, 7) is 0. The summed E-state index contributed by atoms with van der Waals surface area (Å²) in [7, 11) is 1.31. The molecule has 0 unspecified atom stereocenters. The van der Waals surface area contributed by atoms with E-state index in [9.17, 15) is 18.0 Å². The molecule has 8 heteroatoms. The number of benzene rings is 2. The fourth-order valence-corrected chi connectivity index (χ4v) is 2.71. The summed E-state index contributed by atoms with van der Waals surface area (Å²) >= 11 is 0. The van der Waals surface area contributed by atoms with Crippen LogP contribution in [0.1, 0.15) is 16.7 Å². The standard InChI is InChI=1S/C21H18F3N3O2/c1-29-19-7-4-16(21(22,23)24)13-18(19)27-20(28)26-17-5-2-14(3-6-17)12-15-8-10-25-11-9-15/h2-11,13H,12H2,1H3,(H2,26,27,28). The highest BCUT2D eigenvalue weighted by molar-refractivity contribution is 6.00. The van der Waals surface area contributed by atoms with Gasteiger partial charge < -0.3 is 15.4 Å². The van der Waals surface area contributed by atoms with E-state index in [1.165, 1.54) is 7.11 Å². The predicted molar refractivity (Wildman–Crippen MR) is 104 cm³/mol. The number of pyridine rings is 1. The van der Waals surface area contributed by atoms with Gasteiger partial charge in [-0.3, -0.25) is 4.98 Å². The number of amides is 2. The SMILES string of the molecule is COc1ccc(C(F)(F)F)cc1NC(=O)Nc1ccc(Cc2ccncc2)cc1. The largest absolute Gasteiger partial charge is 0.495 e. The van der Waals surface area contributed by atoms with Crippen molar-refractivity contribution in [1.82, 2.24) is 4.98 Å². The summed E-state index contributed by atoms with van der Waals surface area (Å²) in [4.78, 5) is 16.2. The Morgan fingerprint density at radius 1 is 0.966 bits per heavy atom. The van der Waals surface area contributed by atoms with Gasteiger partial charge in [0, 0.05) is 18.1 Å². The minimum Gasteiger partial charge on any atom is -0.495 e. The second kappa shape index (κ2) is 8.64. The zero-order valence-corrected chi connectivity index (χ0v) is 15.5. The molecule has 0 bridgehead atoms. The Balaban J connectivity index is 1.66. The van der Waals surface area contributed by atoms with E-state index in [4.69, 9.17) is 4.74 Å². The van der Waals surface area contributed by atoms with Crippen molar-refractivity contribution in [1.29, 1.82) is 0 Å². The summed E-state index contributed by atoms with van der Waals surface area (Å²) in [5.41, 5.74) is 1.70. The number of rotatable bonds is 5. The molecule has 3 rings (SSSR count). The van der Waals surface area contributed by atoms with E-state index >= 15 is 0 Å². The van der Waals surface area contributed by atoms with Crippen LogP contribution in [0.3, 0.4) is 0 Å². The fraction of sp³-hybridized carbons (Fsp3) is 0.143. The third kappa shape index (κ3) is 5.47. The molecule has 29 heavy (non-hydrogen) atoms. The molecule has 2 N–H and O–H groups in total. The molecule has 0 aliphatic heterocycles. The molecule has 0 atom stereocenters. The maximum absolute atomic E-state index is 12.9. The molecule has 2 aromatic carbocycles. The zero-order chi connectivity index (χ0) is 20.9. The lowest BCUT2D eigenvalue weighted by Gasteiger charge is -2.14. The summed E-state index contributed by atoms with van der Waals surface area (Å²) in [5.74, 6) is 0.126. The summed E-state index contributed by atoms with van der Waals surface area (Å²) in [6.07, 6.45) is -0.366. The van der Waals surface area contributed by atoms with Gasteiger partial charge in [-0.05, 0) is 60.0 Å². The maximum atomic E-state index is 12.9. The van der Waals surface area contributed by atoms with Crippen molar-refractivity contribution in [2.75, 3.05) is 17.7 Å². The Labute approximate surface area is 165 Å². The molecule has 2 amide bonds. The summed E-state index contributed by atoms with van der Waals surface area (Å²) < 4.78 is 43.7. The molecule has 0 aliphatic carbocycles. The number of methoxy groups -OCH3 is 1. The van der Waals surface area contributed by atoms with E-state index in [2.05, 4.69) is 15.6 Å². The molecule has 0 saturated carbocycles. The predicted octanol–water partition coefficient (Wildman–Crippen LogP) is 5.34. The average molecular weight is 401 g/mol. The van der Waals surface area contributed by atoms with Gasteiger partial charge in [0.15, 0.2) is 0 Å². The highest BCUT2D eigenvalue weighted by Crippen LogP contribution is 2.35. The number of carbonyl (C=O) groups excluding carboxylic acids is 1. The molecular formula is C21H18F3N3O2. The highest BCUT2D eigenvalue weighted by atomic mass is 19.4. The van der Waals surface area contributed by atoms with Crippen LogP contribution in [0.4, 0.5) is 29.3 Å². The normalized spacial score (nSPS) is 11.0. The van der Waals surface area contributed by atoms with Gasteiger partial charge in [-0.1, -0.05) is 12.1 Å².